The van der Waals surface area contributed by atoms with E-state index in [0.717, 1.165) is 0 Å². The molecule has 0 radical (unpaired) electrons. The number of carboxylic acid groups (broad SMARTS) is 2. The molecule has 0 aliphatic rings. The minimum Gasteiger partial charge on any atom is -0.481 e. The first-order valence-electron chi connectivity index (χ1n) is 6.51. The molecule has 0 spiro atoms. The number of aliphatic carboxylic acids is 2. The lowest BCUT2D eigenvalue weighted by atomic mass is 10.0. The van der Waals surface area contributed by atoms with Gasteiger partial charge in [0.25, 0.3) is 0 Å². The average molecular weight is 335 g/mol. The van der Waals surface area contributed by atoms with E-state index in [0.29, 0.717) is 0 Å². The van der Waals surface area contributed by atoms with Crippen LogP contribution in [0.3, 0.4) is 0 Å². The van der Waals surface area contributed by atoms with Gasteiger partial charge in [-0.1, -0.05) is 13.8 Å². The van der Waals surface area contributed by atoms with Gasteiger partial charge in [-0.15, -0.1) is 0 Å². The summed E-state index contributed by atoms with van der Waals surface area (Å²) >= 11 is 3.91. The lowest BCUT2D eigenvalue weighted by molar-refractivity contribution is -0.143. The van der Waals surface area contributed by atoms with Gasteiger partial charge < -0.3 is 26.6 Å². The lowest BCUT2D eigenvalue weighted by Gasteiger charge is -2.23. The fourth-order valence-electron chi connectivity index (χ4n) is 1.52. The molecule has 0 bridgehead atoms. The van der Waals surface area contributed by atoms with E-state index in [9.17, 15) is 19.2 Å². The predicted octanol–water partition coefficient (Wildman–Crippen LogP) is -1.57. The smallest absolute Gasteiger partial charge is 0.326 e. The van der Waals surface area contributed by atoms with Gasteiger partial charge in [-0.2, -0.15) is 12.6 Å². The summed E-state index contributed by atoms with van der Waals surface area (Å²) in [5.74, 6) is -4.45. The van der Waals surface area contributed by atoms with Crippen LogP contribution in [-0.4, -0.2) is 57.8 Å². The highest BCUT2D eigenvalue weighted by molar-refractivity contribution is 7.80. The molecule has 0 aromatic carbocycles. The normalized spacial score (nSPS) is 14.8. The fraction of sp³-hybridized carbons (Fsp3) is 0.667. The minimum absolute atomic E-state index is 0.0954. The van der Waals surface area contributed by atoms with E-state index < -0.39 is 48.3 Å². The molecular weight excluding hydrogens is 314 g/mol. The van der Waals surface area contributed by atoms with Gasteiger partial charge in [-0.3, -0.25) is 14.4 Å². The molecule has 0 aliphatic heterocycles. The number of carboxylic acids is 2. The first kappa shape index (κ1) is 20.2. The third-order valence-electron chi connectivity index (χ3n) is 2.78. The summed E-state index contributed by atoms with van der Waals surface area (Å²) in [6.07, 6.45) is -0.587. The quantitative estimate of drug-likeness (QED) is 0.278. The first-order valence-corrected chi connectivity index (χ1v) is 7.15. The van der Waals surface area contributed by atoms with Crippen LogP contribution in [0.15, 0.2) is 0 Å². The Balaban J connectivity index is 4.75. The van der Waals surface area contributed by atoms with Gasteiger partial charge in [0.2, 0.25) is 11.8 Å². The molecule has 2 amide bonds. The van der Waals surface area contributed by atoms with Crippen molar-refractivity contribution in [2.24, 2.45) is 11.7 Å². The zero-order chi connectivity index (χ0) is 17.4. The van der Waals surface area contributed by atoms with Crippen molar-refractivity contribution in [3.63, 3.8) is 0 Å². The third kappa shape index (κ3) is 6.76. The van der Waals surface area contributed by atoms with Crippen molar-refractivity contribution < 1.29 is 29.4 Å². The van der Waals surface area contributed by atoms with Crippen LogP contribution in [-0.2, 0) is 19.2 Å². The Morgan fingerprint density at radius 1 is 1.09 bits per heavy atom. The second kappa shape index (κ2) is 9.26. The summed E-state index contributed by atoms with van der Waals surface area (Å²) in [5, 5.41) is 22.1. The van der Waals surface area contributed by atoms with Crippen molar-refractivity contribution in [2.75, 3.05) is 5.75 Å². The van der Waals surface area contributed by atoms with Gasteiger partial charge in [0.1, 0.15) is 12.1 Å². The van der Waals surface area contributed by atoms with E-state index in [4.69, 9.17) is 15.9 Å². The summed E-state index contributed by atoms with van der Waals surface area (Å²) < 4.78 is 0. The molecule has 9 nitrogen and oxygen atoms in total. The highest BCUT2D eigenvalue weighted by Gasteiger charge is 2.29. The van der Waals surface area contributed by atoms with E-state index in [1.165, 1.54) is 0 Å². The largest absolute Gasteiger partial charge is 0.481 e. The van der Waals surface area contributed by atoms with E-state index in [1.807, 2.05) is 0 Å². The Bertz CT molecular complexity index is 443. The van der Waals surface area contributed by atoms with Crippen LogP contribution in [0.4, 0.5) is 0 Å². The number of hydrogen-bond donors (Lipinski definition) is 6. The highest BCUT2D eigenvalue weighted by atomic mass is 32.1. The Labute approximate surface area is 133 Å². The topological polar surface area (TPSA) is 159 Å². The molecule has 126 valence electrons. The van der Waals surface area contributed by atoms with Gasteiger partial charge in [0.05, 0.1) is 12.5 Å². The first-order chi connectivity index (χ1) is 10.1. The molecule has 0 saturated carbocycles. The number of amides is 2. The fourth-order valence-corrected chi connectivity index (χ4v) is 1.78. The Morgan fingerprint density at radius 2 is 1.64 bits per heavy atom. The van der Waals surface area contributed by atoms with Crippen molar-refractivity contribution in [3.05, 3.63) is 0 Å². The second-order valence-corrected chi connectivity index (χ2v) is 5.38. The summed E-state index contributed by atoms with van der Waals surface area (Å²) in [6.45, 7) is 3.24. The molecular formula is C12H21N3O6S. The molecule has 6 N–H and O–H groups in total. The number of carbonyl (C=O) groups is 4. The van der Waals surface area contributed by atoms with Crippen LogP contribution in [0.1, 0.15) is 20.3 Å². The molecule has 0 aromatic rings. The number of nitrogens with two attached hydrogens (primary N) is 1. The third-order valence-corrected chi connectivity index (χ3v) is 3.14. The van der Waals surface area contributed by atoms with E-state index in [-0.39, 0.29) is 11.7 Å². The van der Waals surface area contributed by atoms with Crippen LogP contribution in [0.25, 0.3) is 0 Å². The Morgan fingerprint density at radius 3 is 2.00 bits per heavy atom. The molecule has 0 aliphatic carbocycles. The van der Waals surface area contributed by atoms with E-state index in [1.54, 1.807) is 13.8 Å². The zero-order valence-electron chi connectivity index (χ0n) is 12.3. The summed E-state index contributed by atoms with van der Waals surface area (Å²) in [4.78, 5) is 45.2. The number of thiol groups is 1. The number of rotatable bonds is 9. The van der Waals surface area contributed by atoms with Crippen molar-refractivity contribution in [2.45, 2.75) is 38.4 Å². The van der Waals surface area contributed by atoms with Gasteiger partial charge in [0, 0.05) is 5.75 Å². The molecule has 3 atom stereocenters. The molecule has 0 aromatic heterocycles. The molecule has 0 fully saturated rings. The zero-order valence-corrected chi connectivity index (χ0v) is 13.2. The Kier molecular flexibility index (Phi) is 8.50. The number of hydrogen-bond acceptors (Lipinski definition) is 6. The van der Waals surface area contributed by atoms with Gasteiger partial charge in [-0.05, 0) is 5.92 Å². The predicted molar refractivity (Wildman–Crippen MR) is 80.4 cm³/mol. The average Bonchev–Trinajstić information content (AvgIpc) is 2.39. The maximum Gasteiger partial charge on any atom is 0.326 e. The van der Waals surface area contributed by atoms with Gasteiger partial charge in [-0.25, -0.2) is 4.79 Å². The standard InChI is InChI=1S/C12H21N3O6S/c1-5(2)9(12(20)21)15-11(19)7(4-22)14-10(18)6(13)3-8(16)17/h5-7,9,22H,3-4,13H2,1-2H3,(H,14,18)(H,15,19)(H,16,17)(H,20,21)/t6-,7-,9-/m0/s1. The maximum atomic E-state index is 12.0. The number of nitrogens with one attached hydrogen (secondary N) is 2. The van der Waals surface area contributed by atoms with Crippen molar-refractivity contribution >= 4 is 36.4 Å². The van der Waals surface area contributed by atoms with Crippen molar-refractivity contribution in [3.8, 4) is 0 Å². The van der Waals surface area contributed by atoms with E-state index in [2.05, 4.69) is 23.3 Å². The summed E-state index contributed by atoms with van der Waals surface area (Å²) in [6, 6.07) is -3.54. The van der Waals surface area contributed by atoms with E-state index >= 15 is 0 Å². The highest BCUT2D eigenvalue weighted by Crippen LogP contribution is 2.03. The second-order valence-electron chi connectivity index (χ2n) is 5.02. The molecule has 0 rings (SSSR count). The van der Waals surface area contributed by atoms with Crippen molar-refractivity contribution in [1.82, 2.24) is 10.6 Å². The van der Waals surface area contributed by atoms with Crippen LogP contribution < -0.4 is 16.4 Å². The van der Waals surface area contributed by atoms with Crippen LogP contribution >= 0.6 is 12.6 Å². The molecule has 0 saturated heterocycles. The SMILES string of the molecule is CC(C)[C@H](NC(=O)[C@H](CS)NC(=O)[C@@H](N)CC(=O)O)C(=O)O. The maximum absolute atomic E-state index is 12.0. The number of carbonyl (C=O) groups excluding carboxylic acids is 2. The van der Waals surface area contributed by atoms with Crippen LogP contribution in [0.2, 0.25) is 0 Å². The Hall–Kier alpha value is -1.81. The van der Waals surface area contributed by atoms with Crippen molar-refractivity contribution in [1.29, 1.82) is 0 Å². The molecule has 0 heterocycles. The molecule has 22 heavy (non-hydrogen) atoms. The summed E-state index contributed by atoms with van der Waals surface area (Å²) in [7, 11) is 0. The van der Waals surface area contributed by atoms with Crippen LogP contribution in [0, 0.1) is 5.92 Å². The minimum atomic E-state index is -1.31. The van der Waals surface area contributed by atoms with Gasteiger partial charge in [0.15, 0.2) is 0 Å². The molecule has 10 heteroatoms. The monoisotopic (exact) mass is 335 g/mol. The summed E-state index contributed by atoms with van der Waals surface area (Å²) in [5.41, 5.74) is 5.38. The van der Waals surface area contributed by atoms with Crippen LogP contribution in [0.5, 0.6) is 0 Å². The lowest BCUT2D eigenvalue weighted by Crippen LogP contribution is -2.56. The van der Waals surface area contributed by atoms with Gasteiger partial charge >= 0.3 is 11.9 Å². The molecule has 0 unspecified atom stereocenters.